The molecule has 3 atom stereocenters. The van der Waals surface area contributed by atoms with Gasteiger partial charge in [0.2, 0.25) is 11.8 Å². The van der Waals surface area contributed by atoms with E-state index in [0.717, 1.165) is 31.5 Å². The zero-order chi connectivity index (χ0) is 16.8. The molecule has 1 heterocycles. The molecule has 1 aliphatic heterocycles. The molecule has 1 aromatic rings. The highest BCUT2D eigenvalue weighted by molar-refractivity contribution is 5.88. The lowest BCUT2D eigenvalue weighted by Gasteiger charge is -2.30. The molecule has 5 heteroatoms. The lowest BCUT2D eigenvalue weighted by Crippen LogP contribution is -2.50. The number of nitrogens with two attached hydrogens (primary N) is 1. The van der Waals surface area contributed by atoms with Crippen LogP contribution in [0.15, 0.2) is 30.3 Å². The molecule has 1 fully saturated rings. The van der Waals surface area contributed by atoms with E-state index in [1.165, 1.54) is 6.42 Å². The molecule has 0 spiro atoms. The zero-order valence-corrected chi connectivity index (χ0v) is 14.0. The average Bonchev–Trinajstić information content (AvgIpc) is 2.61. The molecule has 2 rings (SSSR count). The number of nitrogens with one attached hydrogen (secondary N) is 1. The molecular weight excluding hydrogens is 290 g/mol. The SMILES string of the molecule is CC(NC(=O)C(C)C(N)c1ccccc1)C(=O)N1CCCCC1. The number of rotatable bonds is 5. The van der Waals surface area contributed by atoms with E-state index < -0.39 is 12.0 Å². The van der Waals surface area contributed by atoms with Gasteiger partial charge < -0.3 is 16.0 Å². The molecule has 1 saturated heterocycles. The third-order valence-corrected chi connectivity index (χ3v) is 4.53. The van der Waals surface area contributed by atoms with Crippen LogP contribution in [0.3, 0.4) is 0 Å². The molecule has 3 N–H and O–H groups in total. The molecule has 0 radical (unpaired) electrons. The largest absolute Gasteiger partial charge is 0.344 e. The molecule has 1 aliphatic rings. The number of hydrogen-bond acceptors (Lipinski definition) is 3. The van der Waals surface area contributed by atoms with Crippen molar-refractivity contribution in [1.82, 2.24) is 10.2 Å². The fraction of sp³-hybridized carbons (Fsp3) is 0.556. The van der Waals surface area contributed by atoms with Gasteiger partial charge in [0.15, 0.2) is 0 Å². The van der Waals surface area contributed by atoms with Crippen LogP contribution in [0.2, 0.25) is 0 Å². The van der Waals surface area contributed by atoms with E-state index in [-0.39, 0.29) is 17.9 Å². The third-order valence-electron chi connectivity index (χ3n) is 4.53. The monoisotopic (exact) mass is 317 g/mol. The predicted molar refractivity (Wildman–Crippen MR) is 90.6 cm³/mol. The van der Waals surface area contributed by atoms with E-state index in [4.69, 9.17) is 5.73 Å². The maximum Gasteiger partial charge on any atom is 0.244 e. The van der Waals surface area contributed by atoms with E-state index >= 15 is 0 Å². The molecule has 0 aromatic heterocycles. The smallest absolute Gasteiger partial charge is 0.244 e. The normalized spacial score (nSPS) is 18.8. The molecule has 126 valence electrons. The van der Waals surface area contributed by atoms with Crippen LogP contribution in [-0.2, 0) is 9.59 Å². The van der Waals surface area contributed by atoms with Crippen LogP contribution in [0.4, 0.5) is 0 Å². The zero-order valence-electron chi connectivity index (χ0n) is 14.0. The maximum absolute atomic E-state index is 12.4. The van der Waals surface area contributed by atoms with Crippen LogP contribution < -0.4 is 11.1 Å². The standard InChI is InChI=1S/C18H27N3O2/c1-13(16(19)15-9-5-3-6-10-15)17(22)20-14(2)18(23)21-11-7-4-8-12-21/h3,5-6,9-10,13-14,16H,4,7-8,11-12,19H2,1-2H3,(H,20,22). The molecule has 1 aromatic carbocycles. The number of piperidine rings is 1. The number of amides is 2. The Morgan fingerprint density at radius 2 is 1.70 bits per heavy atom. The van der Waals surface area contributed by atoms with Crippen molar-refractivity contribution < 1.29 is 9.59 Å². The average molecular weight is 317 g/mol. The van der Waals surface area contributed by atoms with Gasteiger partial charge in [0.25, 0.3) is 0 Å². The van der Waals surface area contributed by atoms with Crippen LogP contribution in [0.5, 0.6) is 0 Å². The van der Waals surface area contributed by atoms with Gasteiger partial charge in [0.05, 0.1) is 5.92 Å². The number of benzene rings is 1. The highest BCUT2D eigenvalue weighted by Crippen LogP contribution is 2.19. The van der Waals surface area contributed by atoms with Crippen molar-refractivity contribution in [3.05, 3.63) is 35.9 Å². The quantitative estimate of drug-likeness (QED) is 0.870. The summed E-state index contributed by atoms with van der Waals surface area (Å²) >= 11 is 0. The number of hydrogen-bond donors (Lipinski definition) is 2. The second-order valence-electron chi connectivity index (χ2n) is 6.34. The first-order valence-electron chi connectivity index (χ1n) is 8.40. The topological polar surface area (TPSA) is 75.4 Å². The summed E-state index contributed by atoms with van der Waals surface area (Å²) in [6.07, 6.45) is 3.26. The van der Waals surface area contributed by atoms with Gasteiger partial charge in [-0.1, -0.05) is 37.3 Å². The van der Waals surface area contributed by atoms with E-state index in [2.05, 4.69) is 5.32 Å². The number of carbonyl (C=O) groups excluding carboxylic acids is 2. The second-order valence-corrected chi connectivity index (χ2v) is 6.34. The van der Waals surface area contributed by atoms with Crippen molar-refractivity contribution in [2.45, 2.75) is 45.2 Å². The van der Waals surface area contributed by atoms with Crippen molar-refractivity contribution in [2.75, 3.05) is 13.1 Å². The van der Waals surface area contributed by atoms with Gasteiger partial charge in [-0.05, 0) is 31.7 Å². The van der Waals surface area contributed by atoms with Crippen LogP contribution in [0, 0.1) is 5.92 Å². The van der Waals surface area contributed by atoms with Crippen molar-refractivity contribution in [3.8, 4) is 0 Å². The fourth-order valence-corrected chi connectivity index (χ4v) is 2.92. The first-order chi connectivity index (χ1) is 11.0. The van der Waals surface area contributed by atoms with Crippen LogP contribution >= 0.6 is 0 Å². The van der Waals surface area contributed by atoms with Crippen LogP contribution in [0.25, 0.3) is 0 Å². The third kappa shape index (κ3) is 4.55. The van der Waals surface area contributed by atoms with Crippen LogP contribution in [-0.4, -0.2) is 35.8 Å². The highest BCUT2D eigenvalue weighted by atomic mass is 16.2. The molecule has 0 bridgehead atoms. The second kappa shape index (κ2) is 8.11. The Morgan fingerprint density at radius 1 is 1.09 bits per heavy atom. The van der Waals surface area contributed by atoms with Crippen molar-refractivity contribution in [2.24, 2.45) is 11.7 Å². The molecule has 2 amide bonds. The summed E-state index contributed by atoms with van der Waals surface area (Å²) in [7, 11) is 0. The minimum atomic E-state index is -0.508. The minimum absolute atomic E-state index is 0.00136. The summed E-state index contributed by atoms with van der Waals surface area (Å²) in [5.74, 6) is -0.577. The Morgan fingerprint density at radius 3 is 2.30 bits per heavy atom. The highest BCUT2D eigenvalue weighted by Gasteiger charge is 2.27. The summed E-state index contributed by atoms with van der Waals surface area (Å²) in [6.45, 7) is 5.12. The van der Waals surface area contributed by atoms with Gasteiger partial charge in [0.1, 0.15) is 6.04 Å². The summed E-state index contributed by atoms with van der Waals surface area (Å²) in [4.78, 5) is 26.6. The summed E-state index contributed by atoms with van der Waals surface area (Å²) < 4.78 is 0. The Kier molecular flexibility index (Phi) is 6.16. The fourth-order valence-electron chi connectivity index (χ4n) is 2.92. The van der Waals surface area contributed by atoms with Gasteiger partial charge >= 0.3 is 0 Å². The lowest BCUT2D eigenvalue weighted by molar-refractivity contribution is -0.137. The first-order valence-corrected chi connectivity index (χ1v) is 8.40. The molecular formula is C18H27N3O2. The van der Waals surface area contributed by atoms with Gasteiger partial charge in [-0.3, -0.25) is 9.59 Å². The Bertz CT molecular complexity index is 526. The number of nitrogens with zero attached hydrogens (tertiary/aromatic N) is 1. The summed E-state index contributed by atoms with van der Waals surface area (Å²) in [6, 6.07) is 8.66. The summed E-state index contributed by atoms with van der Waals surface area (Å²) in [5, 5.41) is 2.82. The van der Waals surface area contributed by atoms with Gasteiger partial charge in [0, 0.05) is 19.1 Å². The van der Waals surface area contributed by atoms with E-state index in [9.17, 15) is 9.59 Å². The Hall–Kier alpha value is -1.88. The van der Waals surface area contributed by atoms with Crippen molar-refractivity contribution >= 4 is 11.8 Å². The molecule has 5 nitrogen and oxygen atoms in total. The van der Waals surface area contributed by atoms with E-state index in [0.29, 0.717) is 0 Å². The van der Waals surface area contributed by atoms with E-state index in [1.807, 2.05) is 35.2 Å². The molecule has 0 aliphatic carbocycles. The van der Waals surface area contributed by atoms with Gasteiger partial charge in [-0.25, -0.2) is 0 Å². The minimum Gasteiger partial charge on any atom is -0.344 e. The predicted octanol–water partition coefficient (Wildman–Crippen LogP) is 1.84. The van der Waals surface area contributed by atoms with Crippen molar-refractivity contribution in [3.63, 3.8) is 0 Å². The van der Waals surface area contributed by atoms with Crippen molar-refractivity contribution in [1.29, 1.82) is 0 Å². The molecule has 0 saturated carbocycles. The van der Waals surface area contributed by atoms with Gasteiger partial charge in [-0.15, -0.1) is 0 Å². The number of likely N-dealkylation sites (tertiary alicyclic amines) is 1. The first kappa shape index (κ1) is 17.5. The van der Waals surface area contributed by atoms with Gasteiger partial charge in [-0.2, -0.15) is 0 Å². The Labute approximate surface area is 138 Å². The lowest BCUT2D eigenvalue weighted by atomic mass is 9.94. The number of carbonyl (C=O) groups is 2. The summed E-state index contributed by atoms with van der Waals surface area (Å²) in [5.41, 5.74) is 7.10. The van der Waals surface area contributed by atoms with E-state index in [1.54, 1.807) is 13.8 Å². The van der Waals surface area contributed by atoms with Crippen LogP contribution in [0.1, 0.15) is 44.7 Å². The maximum atomic E-state index is 12.4. The molecule has 23 heavy (non-hydrogen) atoms. The molecule has 3 unspecified atom stereocenters. The Balaban J connectivity index is 1.90.